The Bertz CT molecular complexity index is 520. The number of Topliss-reactive ketones (excluding diaryl/α,β-unsaturated/α-hetero) is 1. The first-order valence-corrected chi connectivity index (χ1v) is 6.83. The second-order valence-electron chi connectivity index (χ2n) is 6.13. The topological polar surface area (TPSA) is 37.3 Å². The molecule has 2 nitrogen and oxygen atoms in total. The second kappa shape index (κ2) is 3.67. The van der Waals surface area contributed by atoms with Crippen LogP contribution in [0.5, 0.6) is 0 Å². The van der Waals surface area contributed by atoms with E-state index in [1.165, 1.54) is 16.7 Å². The number of hydrogen-bond donors (Lipinski definition) is 1. The van der Waals surface area contributed by atoms with E-state index < -0.39 is 5.60 Å². The molecule has 0 amide bonds. The number of hydrogen-bond acceptors (Lipinski definition) is 2. The van der Waals surface area contributed by atoms with Gasteiger partial charge in [0, 0.05) is 11.8 Å². The maximum absolute atomic E-state index is 12.2. The van der Waals surface area contributed by atoms with Crippen LogP contribution in [-0.2, 0) is 16.6 Å². The Kier molecular flexibility index (Phi) is 2.43. The lowest BCUT2D eigenvalue weighted by Gasteiger charge is -2.51. The summed E-state index contributed by atoms with van der Waals surface area (Å²) in [6.45, 7) is 4.16. The number of fused-ring (bicyclic) bond motifs is 3. The van der Waals surface area contributed by atoms with E-state index in [1.54, 1.807) is 0 Å². The molecule has 0 aromatic heterocycles. The molecule has 1 N–H and O–H groups in total. The van der Waals surface area contributed by atoms with Gasteiger partial charge in [0.25, 0.3) is 0 Å². The van der Waals surface area contributed by atoms with Crippen molar-refractivity contribution in [3.05, 3.63) is 34.9 Å². The number of rotatable bonds is 0. The van der Waals surface area contributed by atoms with Gasteiger partial charge in [-0.25, -0.2) is 0 Å². The van der Waals surface area contributed by atoms with Crippen LogP contribution in [0, 0.1) is 6.92 Å². The van der Waals surface area contributed by atoms with Crippen LogP contribution in [-0.4, -0.2) is 16.5 Å². The van der Waals surface area contributed by atoms with Crippen molar-refractivity contribution < 1.29 is 9.90 Å². The molecule has 1 aromatic rings. The molecule has 0 aliphatic heterocycles. The Morgan fingerprint density at radius 2 is 2.00 bits per heavy atom. The number of aliphatic hydroxyl groups is 1. The third-order valence-electron chi connectivity index (χ3n) is 5.07. The van der Waals surface area contributed by atoms with Crippen LogP contribution in [0.25, 0.3) is 0 Å². The van der Waals surface area contributed by atoms with Gasteiger partial charge in [-0.05, 0) is 43.7 Å². The highest BCUT2D eigenvalue weighted by Crippen LogP contribution is 2.51. The molecule has 2 aliphatic rings. The van der Waals surface area contributed by atoms with E-state index in [0.29, 0.717) is 12.8 Å². The molecular weight excluding hydrogens is 224 g/mol. The monoisotopic (exact) mass is 244 g/mol. The van der Waals surface area contributed by atoms with Crippen molar-refractivity contribution in [3.63, 3.8) is 0 Å². The van der Waals surface area contributed by atoms with Gasteiger partial charge in [0.1, 0.15) is 5.60 Å². The highest BCUT2D eigenvalue weighted by atomic mass is 16.3. The molecule has 2 heteroatoms. The van der Waals surface area contributed by atoms with Crippen LogP contribution < -0.4 is 0 Å². The summed E-state index contributed by atoms with van der Waals surface area (Å²) in [6, 6.07) is 6.42. The van der Waals surface area contributed by atoms with Gasteiger partial charge >= 0.3 is 0 Å². The minimum absolute atomic E-state index is 0.0440. The Hall–Kier alpha value is -1.15. The second-order valence-corrected chi connectivity index (χ2v) is 6.13. The minimum Gasteiger partial charge on any atom is -0.381 e. The summed E-state index contributed by atoms with van der Waals surface area (Å²) < 4.78 is 0. The average molecular weight is 244 g/mol. The Morgan fingerprint density at radius 1 is 1.22 bits per heavy atom. The van der Waals surface area contributed by atoms with E-state index in [9.17, 15) is 9.90 Å². The first-order chi connectivity index (χ1) is 8.47. The normalized spacial score (nSPS) is 34.9. The standard InChI is InChI=1S/C16H20O2/c1-11-5-6-13-12(10-11)7-9-16(18)14(17)4-3-8-15(13,16)2/h5-6,10,18H,3-4,7-9H2,1-2H3/t15-,16+/m1/s1. The Morgan fingerprint density at radius 3 is 2.78 bits per heavy atom. The lowest BCUT2D eigenvalue weighted by molar-refractivity contribution is -0.153. The molecule has 0 unspecified atom stereocenters. The van der Waals surface area contributed by atoms with E-state index in [0.717, 1.165) is 19.3 Å². The predicted molar refractivity (Wildman–Crippen MR) is 70.7 cm³/mol. The Balaban J connectivity index is 2.19. The molecule has 0 heterocycles. The summed E-state index contributed by atoms with van der Waals surface area (Å²) >= 11 is 0. The minimum atomic E-state index is -1.13. The van der Waals surface area contributed by atoms with Crippen LogP contribution in [0.2, 0.25) is 0 Å². The van der Waals surface area contributed by atoms with Crippen molar-refractivity contribution in [1.82, 2.24) is 0 Å². The van der Waals surface area contributed by atoms with E-state index in [1.807, 2.05) is 0 Å². The molecule has 1 fully saturated rings. The van der Waals surface area contributed by atoms with Crippen molar-refractivity contribution in [2.75, 3.05) is 0 Å². The van der Waals surface area contributed by atoms with Gasteiger partial charge in [-0.3, -0.25) is 4.79 Å². The van der Waals surface area contributed by atoms with E-state index in [-0.39, 0.29) is 11.2 Å². The van der Waals surface area contributed by atoms with Crippen LogP contribution in [0.4, 0.5) is 0 Å². The molecule has 18 heavy (non-hydrogen) atoms. The molecule has 96 valence electrons. The van der Waals surface area contributed by atoms with Crippen LogP contribution >= 0.6 is 0 Å². The number of carbonyl (C=O) groups is 1. The maximum atomic E-state index is 12.2. The molecule has 0 spiro atoms. The van der Waals surface area contributed by atoms with Crippen molar-refractivity contribution in [1.29, 1.82) is 0 Å². The predicted octanol–water partition coefficient (Wildman–Crippen LogP) is 2.68. The number of benzene rings is 1. The highest BCUT2D eigenvalue weighted by molar-refractivity contribution is 5.90. The molecule has 0 saturated heterocycles. The zero-order valence-electron chi connectivity index (χ0n) is 11.1. The van der Waals surface area contributed by atoms with Crippen molar-refractivity contribution in [3.8, 4) is 0 Å². The van der Waals surface area contributed by atoms with E-state index in [4.69, 9.17) is 0 Å². The first-order valence-electron chi connectivity index (χ1n) is 6.83. The van der Waals surface area contributed by atoms with Crippen molar-refractivity contribution in [2.45, 2.75) is 57.0 Å². The van der Waals surface area contributed by atoms with Gasteiger partial charge in [-0.15, -0.1) is 0 Å². The summed E-state index contributed by atoms with van der Waals surface area (Å²) in [5, 5.41) is 10.9. The molecule has 1 saturated carbocycles. The smallest absolute Gasteiger partial charge is 0.165 e. The third kappa shape index (κ3) is 1.36. The van der Waals surface area contributed by atoms with Gasteiger partial charge in [-0.1, -0.05) is 30.7 Å². The summed E-state index contributed by atoms with van der Waals surface area (Å²) in [7, 11) is 0. The zero-order valence-corrected chi connectivity index (χ0v) is 11.1. The van der Waals surface area contributed by atoms with Crippen molar-refractivity contribution in [2.24, 2.45) is 0 Å². The number of carbonyl (C=O) groups excluding carboxylic acids is 1. The van der Waals surface area contributed by atoms with E-state index in [2.05, 4.69) is 32.0 Å². The molecule has 1 aromatic carbocycles. The largest absolute Gasteiger partial charge is 0.381 e. The average Bonchev–Trinajstić information content (AvgIpc) is 2.33. The fourth-order valence-corrected chi connectivity index (χ4v) is 3.88. The number of ketones is 1. The van der Waals surface area contributed by atoms with Gasteiger partial charge in [-0.2, -0.15) is 0 Å². The van der Waals surface area contributed by atoms with Gasteiger partial charge < -0.3 is 5.11 Å². The molecule has 0 bridgehead atoms. The fourth-order valence-electron chi connectivity index (χ4n) is 3.88. The zero-order chi connectivity index (χ0) is 13.0. The van der Waals surface area contributed by atoms with E-state index >= 15 is 0 Å². The fraction of sp³-hybridized carbons (Fsp3) is 0.562. The molecule has 2 aliphatic carbocycles. The first kappa shape index (κ1) is 11.9. The van der Waals surface area contributed by atoms with Crippen LogP contribution in [0.3, 0.4) is 0 Å². The lowest BCUT2D eigenvalue weighted by Crippen LogP contribution is -2.60. The van der Waals surface area contributed by atoms with Gasteiger partial charge in [0.05, 0.1) is 0 Å². The molecule has 3 rings (SSSR count). The molecule has 0 radical (unpaired) electrons. The summed E-state index contributed by atoms with van der Waals surface area (Å²) in [6.07, 6.45) is 3.73. The maximum Gasteiger partial charge on any atom is 0.165 e. The SMILES string of the molecule is Cc1ccc2c(c1)CC[C@]1(O)C(=O)CCC[C@]21C. The number of aryl methyl sites for hydroxylation is 2. The summed E-state index contributed by atoms with van der Waals surface area (Å²) in [5.41, 5.74) is 2.24. The molecule has 2 atom stereocenters. The van der Waals surface area contributed by atoms with Gasteiger partial charge in [0.15, 0.2) is 5.78 Å². The lowest BCUT2D eigenvalue weighted by atomic mass is 9.55. The quantitative estimate of drug-likeness (QED) is 0.762. The van der Waals surface area contributed by atoms with Gasteiger partial charge in [0.2, 0.25) is 0 Å². The summed E-state index contributed by atoms with van der Waals surface area (Å²) in [5.74, 6) is 0.0440. The third-order valence-corrected chi connectivity index (χ3v) is 5.07. The highest BCUT2D eigenvalue weighted by Gasteiger charge is 2.56. The van der Waals surface area contributed by atoms with Crippen molar-refractivity contribution >= 4 is 5.78 Å². The van der Waals surface area contributed by atoms with Crippen LogP contribution in [0.15, 0.2) is 18.2 Å². The Labute approximate surface area is 108 Å². The molecular formula is C16H20O2. The van der Waals surface area contributed by atoms with Crippen LogP contribution in [0.1, 0.15) is 49.3 Å². The summed E-state index contributed by atoms with van der Waals surface area (Å²) in [4.78, 5) is 12.2.